The molecule has 0 amide bonds. The van der Waals surface area contributed by atoms with Crippen molar-refractivity contribution in [3.8, 4) is 45.3 Å². The van der Waals surface area contributed by atoms with Crippen LogP contribution in [-0.4, -0.2) is 15.0 Å². The maximum atomic E-state index is 6.63. The van der Waals surface area contributed by atoms with Gasteiger partial charge in [0.15, 0.2) is 17.5 Å². The van der Waals surface area contributed by atoms with Gasteiger partial charge in [0.05, 0.1) is 5.56 Å². The van der Waals surface area contributed by atoms with Gasteiger partial charge in [-0.2, -0.15) is 0 Å². The fourth-order valence-electron chi connectivity index (χ4n) is 8.46. The van der Waals surface area contributed by atoms with Crippen LogP contribution in [-0.2, 0) is 6.42 Å². The zero-order valence-electron chi connectivity index (χ0n) is 29.4. The summed E-state index contributed by atoms with van der Waals surface area (Å²) in [6.07, 6.45) is 6.18. The average Bonchev–Trinajstić information content (AvgIpc) is 3.94. The number of furan rings is 3. The second-order valence-corrected chi connectivity index (χ2v) is 14.2. The van der Waals surface area contributed by atoms with Gasteiger partial charge >= 0.3 is 0 Å². The Hall–Kier alpha value is -7.31. The van der Waals surface area contributed by atoms with E-state index in [1.54, 1.807) is 0 Å². The first-order valence-electron chi connectivity index (χ1n) is 18.6. The van der Waals surface area contributed by atoms with E-state index in [-0.39, 0.29) is 0 Å². The molecule has 4 heterocycles. The Morgan fingerprint density at radius 2 is 1.15 bits per heavy atom. The standard InChI is InChI=1S/C49H29N3O3/c1-2-12-29-25-30(24-23-28(29)11-1)47-50-48(37-18-9-17-34-33-13-3-6-19-39(33)55-46(34)37)52-49(51-47)38-26-31(27-43-45(38)36-15-5-8-21-41(36)54-43)32-16-10-22-42-44(32)35-14-4-7-20-40(35)53-42/h1-3,5-13,15-27H,4,14H2. The summed E-state index contributed by atoms with van der Waals surface area (Å²) in [4.78, 5) is 15.8. The van der Waals surface area contributed by atoms with Crippen molar-refractivity contribution < 1.29 is 13.3 Å². The topological polar surface area (TPSA) is 78.1 Å². The molecule has 0 unspecified atom stereocenters. The number of aryl methyl sites for hydroxylation is 1. The molecule has 6 nitrogen and oxygen atoms in total. The average molecular weight is 708 g/mol. The first-order valence-corrected chi connectivity index (χ1v) is 18.6. The van der Waals surface area contributed by atoms with Crippen molar-refractivity contribution in [1.82, 2.24) is 15.0 Å². The molecule has 0 fully saturated rings. The smallest absolute Gasteiger partial charge is 0.167 e. The van der Waals surface area contributed by atoms with Crippen LogP contribution in [0, 0.1) is 0 Å². The van der Waals surface area contributed by atoms with Crippen molar-refractivity contribution >= 4 is 71.7 Å². The van der Waals surface area contributed by atoms with Crippen LogP contribution in [0.5, 0.6) is 0 Å². The third-order valence-corrected chi connectivity index (χ3v) is 11.0. The van der Waals surface area contributed by atoms with Crippen LogP contribution in [0.2, 0.25) is 0 Å². The number of hydrogen-bond acceptors (Lipinski definition) is 6. The monoisotopic (exact) mass is 707 g/mol. The fourth-order valence-corrected chi connectivity index (χ4v) is 8.46. The zero-order valence-corrected chi connectivity index (χ0v) is 29.4. The molecule has 1 aliphatic rings. The molecule has 0 aliphatic heterocycles. The van der Waals surface area contributed by atoms with Gasteiger partial charge < -0.3 is 13.3 Å². The SMILES string of the molecule is C1=Cc2oc3cccc(-c4cc(-c5nc(-c6ccc7ccccc7c6)nc(-c6cccc7c6oc6ccccc67)n5)c5c(c4)oc4ccccc45)c3c2CC1. The van der Waals surface area contributed by atoms with Crippen LogP contribution in [0.25, 0.3) is 117 Å². The van der Waals surface area contributed by atoms with E-state index in [4.69, 9.17) is 28.2 Å². The van der Waals surface area contributed by atoms with Crippen LogP contribution in [0.3, 0.4) is 0 Å². The number of hydrogen-bond donors (Lipinski definition) is 0. The van der Waals surface area contributed by atoms with Crippen molar-refractivity contribution in [2.24, 2.45) is 0 Å². The second kappa shape index (κ2) is 11.6. The molecular formula is C49H29N3O3. The summed E-state index contributed by atoms with van der Waals surface area (Å²) >= 11 is 0. The summed E-state index contributed by atoms with van der Waals surface area (Å²) in [7, 11) is 0. The minimum absolute atomic E-state index is 0.530. The molecular weight excluding hydrogens is 679 g/mol. The van der Waals surface area contributed by atoms with Gasteiger partial charge in [0.2, 0.25) is 0 Å². The van der Waals surface area contributed by atoms with Crippen LogP contribution < -0.4 is 0 Å². The predicted molar refractivity (Wildman–Crippen MR) is 221 cm³/mol. The van der Waals surface area contributed by atoms with Gasteiger partial charge in [-0.15, -0.1) is 0 Å². The van der Waals surface area contributed by atoms with Gasteiger partial charge in [0.25, 0.3) is 0 Å². The molecule has 0 spiro atoms. The molecule has 6 heteroatoms. The lowest BCUT2D eigenvalue weighted by molar-refractivity contribution is 0.595. The quantitative estimate of drug-likeness (QED) is 0.181. The fraction of sp³-hybridized carbons (Fsp3) is 0.0408. The van der Waals surface area contributed by atoms with Gasteiger partial charge in [-0.25, -0.2) is 15.0 Å². The van der Waals surface area contributed by atoms with E-state index in [1.165, 1.54) is 5.56 Å². The second-order valence-electron chi connectivity index (χ2n) is 14.2. The molecule has 4 aromatic heterocycles. The Labute approximate surface area is 314 Å². The number of para-hydroxylation sites is 3. The Kier molecular flexibility index (Phi) is 6.36. The summed E-state index contributed by atoms with van der Waals surface area (Å²) in [6, 6.07) is 47.8. The highest BCUT2D eigenvalue weighted by molar-refractivity contribution is 6.14. The predicted octanol–water partition coefficient (Wildman–Crippen LogP) is 13.2. The van der Waals surface area contributed by atoms with Crippen molar-refractivity contribution in [3.05, 3.63) is 157 Å². The van der Waals surface area contributed by atoms with Crippen LogP contribution in [0.1, 0.15) is 17.7 Å². The van der Waals surface area contributed by atoms with Crippen LogP contribution >= 0.6 is 0 Å². The number of benzene rings is 7. The van der Waals surface area contributed by atoms with Gasteiger partial charge in [-0.3, -0.25) is 0 Å². The largest absolute Gasteiger partial charge is 0.456 e. The number of aromatic nitrogens is 3. The molecule has 0 radical (unpaired) electrons. The Bertz CT molecular complexity index is 3400. The van der Waals surface area contributed by atoms with E-state index in [0.717, 1.165) is 112 Å². The number of fused-ring (bicyclic) bond motifs is 10. The van der Waals surface area contributed by atoms with E-state index in [9.17, 15) is 0 Å². The van der Waals surface area contributed by atoms with E-state index < -0.39 is 0 Å². The Balaban J connectivity index is 1.17. The van der Waals surface area contributed by atoms with Crippen molar-refractivity contribution in [1.29, 1.82) is 0 Å². The molecule has 7 aromatic carbocycles. The van der Waals surface area contributed by atoms with Crippen LogP contribution in [0.4, 0.5) is 0 Å². The first-order chi connectivity index (χ1) is 27.2. The molecule has 11 aromatic rings. The summed E-state index contributed by atoms with van der Waals surface area (Å²) in [6.45, 7) is 0. The van der Waals surface area contributed by atoms with Gasteiger partial charge in [0, 0.05) is 43.6 Å². The molecule has 12 rings (SSSR count). The molecule has 55 heavy (non-hydrogen) atoms. The number of nitrogens with zero attached hydrogens (tertiary/aromatic N) is 3. The van der Waals surface area contributed by atoms with Gasteiger partial charge in [-0.1, -0.05) is 103 Å². The highest BCUT2D eigenvalue weighted by atomic mass is 16.3. The summed E-state index contributed by atoms with van der Waals surface area (Å²) in [5.74, 6) is 2.58. The maximum Gasteiger partial charge on any atom is 0.167 e. The van der Waals surface area contributed by atoms with Crippen molar-refractivity contribution in [2.45, 2.75) is 12.8 Å². The minimum Gasteiger partial charge on any atom is -0.456 e. The highest BCUT2D eigenvalue weighted by Gasteiger charge is 2.24. The Morgan fingerprint density at radius 1 is 0.436 bits per heavy atom. The zero-order chi connectivity index (χ0) is 36.0. The van der Waals surface area contributed by atoms with E-state index in [1.807, 2.05) is 48.5 Å². The molecule has 0 bridgehead atoms. The Morgan fingerprint density at radius 3 is 2.05 bits per heavy atom. The summed E-state index contributed by atoms with van der Waals surface area (Å²) in [5.41, 5.74) is 9.86. The van der Waals surface area contributed by atoms with Crippen molar-refractivity contribution in [3.63, 3.8) is 0 Å². The highest BCUT2D eigenvalue weighted by Crippen LogP contribution is 2.44. The first kappa shape index (κ1) is 30.2. The maximum absolute atomic E-state index is 6.63. The summed E-state index contributed by atoms with van der Waals surface area (Å²) < 4.78 is 19.5. The number of rotatable bonds is 4. The van der Waals surface area contributed by atoms with Gasteiger partial charge in [-0.05, 0) is 83.3 Å². The summed E-state index contributed by atoms with van der Waals surface area (Å²) in [5, 5.41) is 7.40. The van der Waals surface area contributed by atoms with E-state index in [2.05, 4.69) is 103 Å². The van der Waals surface area contributed by atoms with E-state index in [0.29, 0.717) is 17.5 Å². The lowest BCUT2D eigenvalue weighted by atomic mass is 9.92. The lowest BCUT2D eigenvalue weighted by Crippen LogP contribution is -2.01. The molecule has 1 aliphatic carbocycles. The molecule has 0 saturated carbocycles. The lowest BCUT2D eigenvalue weighted by Gasteiger charge is -2.12. The third-order valence-electron chi connectivity index (χ3n) is 11.0. The van der Waals surface area contributed by atoms with Crippen molar-refractivity contribution in [2.75, 3.05) is 0 Å². The molecule has 0 saturated heterocycles. The van der Waals surface area contributed by atoms with E-state index >= 15 is 0 Å². The molecule has 0 N–H and O–H groups in total. The normalized spacial score (nSPS) is 12.9. The molecule has 258 valence electrons. The van der Waals surface area contributed by atoms with Gasteiger partial charge in [0.1, 0.15) is 33.7 Å². The third kappa shape index (κ3) is 4.64. The van der Waals surface area contributed by atoms with Crippen LogP contribution in [0.15, 0.2) is 159 Å². The number of allylic oxidation sites excluding steroid dienone is 1. The molecule has 0 atom stereocenters. The minimum atomic E-state index is 0.530.